The number of fused-ring (bicyclic) bond motifs is 1. The molecule has 10 heteroatoms. The van der Waals surface area contributed by atoms with E-state index in [0.717, 1.165) is 39.1 Å². The van der Waals surface area contributed by atoms with Crippen molar-refractivity contribution in [3.05, 3.63) is 73.7 Å². The number of aromatic nitrogens is 7. The molecule has 0 aliphatic heterocycles. The van der Waals surface area contributed by atoms with Crippen LogP contribution in [0.15, 0.2) is 73.7 Å². The number of hydrogen-bond donors (Lipinski definition) is 3. The van der Waals surface area contributed by atoms with Crippen LogP contribution in [0.2, 0.25) is 0 Å². The van der Waals surface area contributed by atoms with E-state index in [4.69, 9.17) is 5.73 Å². The lowest BCUT2D eigenvalue weighted by Gasteiger charge is -2.15. The van der Waals surface area contributed by atoms with Crippen molar-refractivity contribution in [3.63, 3.8) is 0 Å². The van der Waals surface area contributed by atoms with Gasteiger partial charge in [0.15, 0.2) is 5.82 Å². The summed E-state index contributed by atoms with van der Waals surface area (Å²) >= 11 is 0. The topological polar surface area (TPSA) is 133 Å². The molecule has 0 saturated carbocycles. The zero-order valence-corrected chi connectivity index (χ0v) is 18.7. The fraction of sp³-hybridized carbons (Fsp3) is 0.125. The van der Waals surface area contributed by atoms with Gasteiger partial charge < -0.3 is 20.7 Å². The Morgan fingerprint density at radius 1 is 1.06 bits per heavy atom. The van der Waals surface area contributed by atoms with Crippen molar-refractivity contribution in [3.8, 4) is 28.2 Å². The smallest absolute Gasteiger partial charge is 0.155 e. The second-order valence-corrected chi connectivity index (χ2v) is 7.96. The molecule has 1 aromatic carbocycles. The number of benzene rings is 1. The summed E-state index contributed by atoms with van der Waals surface area (Å²) < 4.78 is 3.59. The number of anilines is 2. The van der Waals surface area contributed by atoms with E-state index in [1.807, 2.05) is 48.0 Å². The zero-order valence-electron chi connectivity index (χ0n) is 18.7. The third-order valence-electron chi connectivity index (χ3n) is 5.62. The second-order valence-electron chi connectivity index (χ2n) is 7.96. The molecule has 0 spiro atoms. The Bertz CT molecular complexity index is 1470. The molecule has 0 saturated heterocycles. The summed E-state index contributed by atoms with van der Waals surface area (Å²) in [6, 6.07) is 11.6. The van der Waals surface area contributed by atoms with Crippen molar-refractivity contribution in [2.75, 3.05) is 11.1 Å². The van der Waals surface area contributed by atoms with Gasteiger partial charge in [-0.25, -0.2) is 24.6 Å². The largest absolute Gasteiger partial charge is 0.383 e. The van der Waals surface area contributed by atoms with Crippen LogP contribution in [0.3, 0.4) is 0 Å². The van der Waals surface area contributed by atoms with Crippen LogP contribution in [0.4, 0.5) is 11.5 Å². The van der Waals surface area contributed by atoms with Crippen LogP contribution in [-0.4, -0.2) is 45.6 Å². The Morgan fingerprint density at radius 3 is 2.47 bits per heavy atom. The van der Waals surface area contributed by atoms with Gasteiger partial charge in [0.1, 0.15) is 36.7 Å². The monoisotopic (exact) mass is 453 g/mol. The van der Waals surface area contributed by atoms with Crippen LogP contribution in [0, 0.1) is 0 Å². The normalized spacial score (nSPS) is 12.1. The van der Waals surface area contributed by atoms with Crippen LogP contribution in [-0.2, 0) is 7.05 Å². The molecule has 170 valence electrons. The quantitative estimate of drug-likeness (QED) is 0.264. The van der Waals surface area contributed by atoms with Crippen molar-refractivity contribution >= 4 is 22.5 Å². The van der Waals surface area contributed by atoms with Crippen molar-refractivity contribution in [1.29, 1.82) is 0 Å². The first-order chi connectivity index (χ1) is 16.4. The molecule has 4 N–H and O–H groups in total. The molecule has 0 aliphatic rings. The summed E-state index contributed by atoms with van der Waals surface area (Å²) in [5.74, 6) is 1.05. The van der Waals surface area contributed by atoms with Gasteiger partial charge in [-0.2, -0.15) is 5.10 Å². The number of nitrogens with one attached hydrogen (secondary N) is 1. The number of aliphatic hydroxyl groups is 1. The number of nitrogens with two attached hydrogens (primary N) is 1. The second kappa shape index (κ2) is 8.41. The fourth-order valence-corrected chi connectivity index (χ4v) is 3.90. The van der Waals surface area contributed by atoms with Gasteiger partial charge >= 0.3 is 0 Å². The van der Waals surface area contributed by atoms with E-state index in [1.54, 1.807) is 24.1 Å². The van der Waals surface area contributed by atoms with E-state index in [-0.39, 0.29) is 0 Å². The first-order valence-corrected chi connectivity index (χ1v) is 10.5. The summed E-state index contributed by atoms with van der Waals surface area (Å²) in [6.45, 7) is 5.54. The van der Waals surface area contributed by atoms with E-state index < -0.39 is 6.23 Å². The predicted octanol–water partition coefficient (Wildman–Crippen LogP) is 3.17. The highest BCUT2D eigenvalue weighted by molar-refractivity contribution is 6.07. The maximum atomic E-state index is 10.1. The minimum atomic E-state index is -0.816. The molecule has 0 radical (unpaired) electrons. The van der Waals surface area contributed by atoms with Crippen molar-refractivity contribution < 1.29 is 5.11 Å². The number of hydrogen-bond acceptors (Lipinski definition) is 8. The summed E-state index contributed by atoms with van der Waals surface area (Å²) in [4.78, 5) is 17.2. The zero-order chi connectivity index (χ0) is 23.8. The van der Waals surface area contributed by atoms with Gasteiger partial charge in [-0.1, -0.05) is 18.7 Å². The maximum Gasteiger partial charge on any atom is 0.155 e. The van der Waals surface area contributed by atoms with Gasteiger partial charge in [0.2, 0.25) is 0 Å². The maximum absolute atomic E-state index is 10.1. The Kier molecular flexibility index (Phi) is 5.27. The predicted molar refractivity (Wildman–Crippen MR) is 131 cm³/mol. The Hall–Kier alpha value is -4.57. The molecule has 0 bridgehead atoms. The van der Waals surface area contributed by atoms with E-state index in [0.29, 0.717) is 17.2 Å². The van der Waals surface area contributed by atoms with Gasteiger partial charge in [0.25, 0.3) is 0 Å². The van der Waals surface area contributed by atoms with Crippen LogP contribution >= 0.6 is 0 Å². The average Bonchev–Trinajstić information content (AvgIpc) is 3.47. The summed E-state index contributed by atoms with van der Waals surface area (Å²) in [7, 11) is 1.95. The van der Waals surface area contributed by atoms with Gasteiger partial charge in [-0.3, -0.25) is 0 Å². The van der Waals surface area contributed by atoms with Gasteiger partial charge in [-0.05, 0) is 42.3 Å². The Balaban J connectivity index is 1.64. The number of aryl methyl sites for hydroxylation is 1. The standard InChI is InChI=1S/C24H23N9O/c1-14(2)24(34)31-17-7-4-15(5-8-17)21-19(20-22(25)28-12-29-23(20)32(21)3)16-6-9-18(27-10-16)33-13-26-11-30-33/h4-13,24,31,34H,1H2,2-3H3,(H2,25,28,29). The van der Waals surface area contributed by atoms with E-state index in [9.17, 15) is 5.11 Å². The van der Waals surface area contributed by atoms with E-state index >= 15 is 0 Å². The number of pyridine rings is 1. The molecule has 10 nitrogen and oxygen atoms in total. The van der Waals surface area contributed by atoms with Crippen molar-refractivity contribution in [1.82, 2.24) is 34.3 Å². The van der Waals surface area contributed by atoms with Crippen LogP contribution < -0.4 is 11.1 Å². The van der Waals surface area contributed by atoms with Crippen LogP contribution in [0.1, 0.15) is 6.92 Å². The Morgan fingerprint density at radius 2 is 1.82 bits per heavy atom. The minimum absolute atomic E-state index is 0.394. The lowest BCUT2D eigenvalue weighted by Crippen LogP contribution is -2.19. The summed E-state index contributed by atoms with van der Waals surface area (Å²) in [5.41, 5.74) is 12.1. The van der Waals surface area contributed by atoms with Crippen molar-refractivity contribution in [2.24, 2.45) is 7.05 Å². The molecular formula is C24H23N9O. The highest BCUT2D eigenvalue weighted by atomic mass is 16.3. The third-order valence-corrected chi connectivity index (χ3v) is 5.62. The van der Waals surface area contributed by atoms with Gasteiger partial charge in [0.05, 0.1) is 11.1 Å². The molecule has 1 unspecified atom stereocenters. The lowest BCUT2D eigenvalue weighted by atomic mass is 10.00. The molecule has 5 aromatic rings. The van der Waals surface area contributed by atoms with Gasteiger partial charge in [-0.15, -0.1) is 0 Å². The van der Waals surface area contributed by atoms with Crippen LogP contribution in [0.25, 0.3) is 39.2 Å². The molecule has 34 heavy (non-hydrogen) atoms. The molecule has 4 heterocycles. The highest BCUT2D eigenvalue weighted by Gasteiger charge is 2.22. The van der Waals surface area contributed by atoms with Crippen LogP contribution in [0.5, 0.6) is 0 Å². The average molecular weight is 454 g/mol. The summed E-state index contributed by atoms with van der Waals surface area (Å²) in [5, 5.41) is 18.0. The molecule has 4 aromatic heterocycles. The summed E-state index contributed by atoms with van der Waals surface area (Å²) in [6.07, 6.45) is 5.48. The number of nitrogens with zero attached hydrogens (tertiary/aromatic N) is 7. The highest BCUT2D eigenvalue weighted by Crippen LogP contribution is 2.41. The number of nitrogen functional groups attached to an aromatic ring is 1. The van der Waals surface area contributed by atoms with E-state index in [1.165, 1.54) is 12.7 Å². The fourth-order valence-electron chi connectivity index (χ4n) is 3.90. The van der Waals surface area contributed by atoms with Crippen molar-refractivity contribution in [2.45, 2.75) is 13.2 Å². The number of rotatable bonds is 6. The minimum Gasteiger partial charge on any atom is -0.383 e. The Labute approximate surface area is 195 Å². The van der Waals surface area contributed by atoms with Gasteiger partial charge in [0, 0.05) is 30.1 Å². The van der Waals surface area contributed by atoms with E-state index in [2.05, 4.69) is 36.9 Å². The molecule has 0 fully saturated rings. The molecule has 1 atom stereocenters. The first-order valence-electron chi connectivity index (χ1n) is 10.5. The molecule has 5 rings (SSSR count). The third kappa shape index (κ3) is 3.65. The SMILES string of the molecule is C=C(C)C(O)Nc1ccc(-c2c(-c3ccc(-n4cncn4)nc3)c3c(N)ncnc3n2C)cc1. The molecular weight excluding hydrogens is 430 g/mol. The number of aliphatic hydroxyl groups excluding tert-OH is 1. The first kappa shape index (κ1) is 21.3. The lowest BCUT2D eigenvalue weighted by molar-refractivity contribution is 0.240. The molecule has 0 aliphatic carbocycles. The molecule has 0 amide bonds.